The maximum absolute atomic E-state index is 11.7. The van der Waals surface area contributed by atoms with Crippen LogP contribution in [-0.4, -0.2) is 23.0 Å². The molecule has 0 bridgehead atoms. The number of carboxylic acids is 1. The summed E-state index contributed by atoms with van der Waals surface area (Å²) in [6.07, 6.45) is 4.07. The minimum atomic E-state index is -0.838. The molecular weight excluding hydrogens is 230 g/mol. The SMILES string of the molecule is C[C@@H]1C[C@H](NC(=O)CCCC(=O)O)CC(C)(C)C1. The first-order valence-electron chi connectivity index (χ1n) is 6.80. The molecule has 104 valence electrons. The number of carbonyl (C=O) groups is 2. The summed E-state index contributed by atoms with van der Waals surface area (Å²) in [7, 11) is 0. The molecule has 1 aliphatic carbocycles. The zero-order valence-corrected chi connectivity index (χ0v) is 11.7. The third-order valence-electron chi connectivity index (χ3n) is 3.55. The molecule has 0 spiro atoms. The van der Waals surface area contributed by atoms with E-state index in [4.69, 9.17) is 5.11 Å². The highest BCUT2D eigenvalue weighted by Crippen LogP contribution is 2.38. The fourth-order valence-corrected chi connectivity index (χ4v) is 3.16. The smallest absolute Gasteiger partial charge is 0.303 e. The van der Waals surface area contributed by atoms with Crippen molar-refractivity contribution in [2.45, 2.75) is 65.3 Å². The zero-order valence-electron chi connectivity index (χ0n) is 11.7. The average molecular weight is 255 g/mol. The molecule has 2 atom stereocenters. The molecule has 0 radical (unpaired) electrons. The Morgan fingerprint density at radius 1 is 1.28 bits per heavy atom. The second-order valence-electron chi connectivity index (χ2n) is 6.43. The standard InChI is InChI=1S/C14H25NO3/c1-10-7-11(9-14(2,3)8-10)15-12(16)5-4-6-13(17)18/h10-11H,4-9H2,1-3H3,(H,15,16)(H,17,18)/t10-,11+/m1/s1. The quantitative estimate of drug-likeness (QED) is 0.793. The molecule has 1 fully saturated rings. The Bertz CT molecular complexity index is 312. The Hall–Kier alpha value is -1.06. The van der Waals surface area contributed by atoms with Crippen molar-refractivity contribution in [2.24, 2.45) is 11.3 Å². The topological polar surface area (TPSA) is 66.4 Å². The predicted molar refractivity (Wildman–Crippen MR) is 70.2 cm³/mol. The van der Waals surface area contributed by atoms with E-state index >= 15 is 0 Å². The first-order valence-corrected chi connectivity index (χ1v) is 6.80. The van der Waals surface area contributed by atoms with Gasteiger partial charge in [-0.1, -0.05) is 20.8 Å². The zero-order chi connectivity index (χ0) is 13.8. The number of rotatable bonds is 5. The molecule has 0 unspecified atom stereocenters. The molecule has 0 aromatic heterocycles. The Morgan fingerprint density at radius 3 is 2.50 bits per heavy atom. The fourth-order valence-electron chi connectivity index (χ4n) is 3.16. The molecule has 4 nitrogen and oxygen atoms in total. The molecule has 1 aliphatic rings. The van der Waals surface area contributed by atoms with Crippen LogP contribution in [0.2, 0.25) is 0 Å². The number of aliphatic carboxylic acids is 1. The summed E-state index contributed by atoms with van der Waals surface area (Å²) in [6.45, 7) is 6.71. The van der Waals surface area contributed by atoms with Crippen LogP contribution >= 0.6 is 0 Å². The Kier molecular flexibility index (Phi) is 5.17. The van der Waals surface area contributed by atoms with Crippen LogP contribution in [0, 0.1) is 11.3 Å². The van der Waals surface area contributed by atoms with E-state index in [1.807, 2.05) is 0 Å². The minimum Gasteiger partial charge on any atom is -0.481 e. The molecule has 0 heterocycles. The third-order valence-corrected chi connectivity index (χ3v) is 3.55. The number of amides is 1. The maximum Gasteiger partial charge on any atom is 0.303 e. The third kappa shape index (κ3) is 5.52. The molecule has 0 aliphatic heterocycles. The van der Waals surface area contributed by atoms with E-state index < -0.39 is 5.97 Å². The molecule has 18 heavy (non-hydrogen) atoms. The minimum absolute atomic E-state index is 0.00819. The molecule has 1 rings (SSSR count). The van der Waals surface area contributed by atoms with Gasteiger partial charge < -0.3 is 10.4 Å². The molecule has 2 N–H and O–H groups in total. The Morgan fingerprint density at radius 2 is 1.94 bits per heavy atom. The van der Waals surface area contributed by atoms with Gasteiger partial charge in [0.15, 0.2) is 0 Å². The van der Waals surface area contributed by atoms with Crippen molar-refractivity contribution in [1.29, 1.82) is 0 Å². The first-order chi connectivity index (χ1) is 8.28. The summed E-state index contributed by atoms with van der Waals surface area (Å²) in [5, 5.41) is 11.6. The van der Waals surface area contributed by atoms with E-state index in [0.29, 0.717) is 18.8 Å². The molecular formula is C14H25NO3. The normalized spacial score (nSPS) is 26.6. The summed E-state index contributed by atoms with van der Waals surface area (Å²) in [6, 6.07) is 0.251. The van der Waals surface area contributed by atoms with Gasteiger partial charge in [-0.05, 0) is 37.0 Å². The lowest BCUT2D eigenvalue weighted by Crippen LogP contribution is -2.42. The van der Waals surface area contributed by atoms with Gasteiger partial charge in [-0.15, -0.1) is 0 Å². The van der Waals surface area contributed by atoms with E-state index in [0.717, 1.165) is 12.8 Å². The fraction of sp³-hybridized carbons (Fsp3) is 0.857. The van der Waals surface area contributed by atoms with Crippen molar-refractivity contribution in [1.82, 2.24) is 5.32 Å². The maximum atomic E-state index is 11.7. The van der Waals surface area contributed by atoms with Gasteiger partial charge in [-0.25, -0.2) is 0 Å². The van der Waals surface area contributed by atoms with Crippen LogP contribution < -0.4 is 5.32 Å². The van der Waals surface area contributed by atoms with Gasteiger partial charge in [0.1, 0.15) is 0 Å². The summed E-state index contributed by atoms with van der Waals surface area (Å²) in [5.74, 6) is -0.209. The lowest BCUT2D eigenvalue weighted by molar-refractivity contribution is -0.137. The number of hydrogen-bond acceptors (Lipinski definition) is 2. The van der Waals surface area contributed by atoms with E-state index in [-0.39, 0.29) is 23.8 Å². The van der Waals surface area contributed by atoms with Crippen molar-refractivity contribution in [3.05, 3.63) is 0 Å². The number of carboxylic acid groups (broad SMARTS) is 1. The first kappa shape index (κ1) is 15.0. The van der Waals surface area contributed by atoms with Crippen LogP contribution in [0.3, 0.4) is 0 Å². The van der Waals surface area contributed by atoms with Crippen molar-refractivity contribution in [3.8, 4) is 0 Å². The van der Waals surface area contributed by atoms with E-state index in [1.165, 1.54) is 6.42 Å². The second-order valence-corrected chi connectivity index (χ2v) is 6.43. The van der Waals surface area contributed by atoms with Gasteiger partial charge in [-0.2, -0.15) is 0 Å². The summed E-state index contributed by atoms with van der Waals surface area (Å²) >= 11 is 0. The van der Waals surface area contributed by atoms with Crippen molar-refractivity contribution >= 4 is 11.9 Å². The highest BCUT2D eigenvalue weighted by molar-refractivity contribution is 5.77. The van der Waals surface area contributed by atoms with E-state index in [1.54, 1.807) is 0 Å². The van der Waals surface area contributed by atoms with Crippen molar-refractivity contribution in [3.63, 3.8) is 0 Å². The van der Waals surface area contributed by atoms with Crippen LogP contribution in [0.4, 0.5) is 0 Å². The number of hydrogen-bond donors (Lipinski definition) is 2. The van der Waals surface area contributed by atoms with Crippen molar-refractivity contribution < 1.29 is 14.7 Å². The molecule has 4 heteroatoms. The molecule has 1 amide bonds. The highest BCUT2D eigenvalue weighted by Gasteiger charge is 2.32. The molecule has 0 aromatic rings. The lowest BCUT2D eigenvalue weighted by Gasteiger charge is -2.39. The van der Waals surface area contributed by atoms with E-state index in [9.17, 15) is 9.59 Å². The van der Waals surface area contributed by atoms with Crippen LogP contribution in [0.5, 0.6) is 0 Å². The van der Waals surface area contributed by atoms with Crippen LogP contribution in [-0.2, 0) is 9.59 Å². The summed E-state index contributed by atoms with van der Waals surface area (Å²) < 4.78 is 0. The average Bonchev–Trinajstić information content (AvgIpc) is 2.12. The van der Waals surface area contributed by atoms with Gasteiger partial charge in [0.05, 0.1) is 0 Å². The van der Waals surface area contributed by atoms with Crippen LogP contribution in [0.25, 0.3) is 0 Å². The Balaban J connectivity index is 2.33. The molecule has 1 saturated carbocycles. The van der Waals surface area contributed by atoms with Crippen LogP contribution in [0.15, 0.2) is 0 Å². The highest BCUT2D eigenvalue weighted by atomic mass is 16.4. The van der Waals surface area contributed by atoms with Crippen LogP contribution in [0.1, 0.15) is 59.3 Å². The molecule has 0 saturated heterocycles. The number of nitrogens with one attached hydrogen (secondary N) is 1. The summed E-state index contributed by atoms with van der Waals surface area (Å²) in [4.78, 5) is 22.1. The molecule has 0 aromatic carbocycles. The Labute approximate surface area is 109 Å². The van der Waals surface area contributed by atoms with Gasteiger partial charge in [0, 0.05) is 18.9 Å². The van der Waals surface area contributed by atoms with E-state index in [2.05, 4.69) is 26.1 Å². The van der Waals surface area contributed by atoms with Gasteiger partial charge in [-0.3, -0.25) is 9.59 Å². The number of carbonyl (C=O) groups excluding carboxylic acids is 1. The monoisotopic (exact) mass is 255 g/mol. The largest absolute Gasteiger partial charge is 0.481 e. The van der Waals surface area contributed by atoms with Gasteiger partial charge >= 0.3 is 5.97 Å². The van der Waals surface area contributed by atoms with Gasteiger partial charge in [0.25, 0.3) is 0 Å². The van der Waals surface area contributed by atoms with Crippen molar-refractivity contribution in [2.75, 3.05) is 0 Å². The second kappa shape index (κ2) is 6.21. The van der Waals surface area contributed by atoms with Gasteiger partial charge in [0.2, 0.25) is 5.91 Å². The summed E-state index contributed by atoms with van der Waals surface area (Å²) in [5.41, 5.74) is 0.288. The lowest BCUT2D eigenvalue weighted by atomic mass is 9.70. The predicted octanol–water partition coefficient (Wildman–Crippen LogP) is 2.57.